The first-order chi connectivity index (χ1) is 28.1. The van der Waals surface area contributed by atoms with Gasteiger partial charge < -0.3 is 0 Å². The third-order valence-electron chi connectivity index (χ3n) is 2.72. The Labute approximate surface area is 422 Å². The van der Waals surface area contributed by atoms with Crippen molar-refractivity contribution in [3.05, 3.63) is 0 Å². The molecule has 0 N–H and O–H groups in total. The van der Waals surface area contributed by atoms with Crippen LogP contribution in [0, 0.1) is 0 Å². The van der Waals surface area contributed by atoms with Crippen molar-refractivity contribution in [3.63, 3.8) is 0 Å². The van der Waals surface area contributed by atoms with Crippen LogP contribution in [0.3, 0.4) is 0 Å². The maximum atomic E-state index is 4.81. The zero-order valence-corrected chi connectivity index (χ0v) is 75.2. The van der Waals surface area contributed by atoms with E-state index in [0.717, 1.165) is 0 Å². The second-order valence-electron chi connectivity index (χ2n) is 5.85. The Bertz CT molecular complexity index is 1970. The van der Waals surface area contributed by atoms with Gasteiger partial charge in [-0.25, -0.2) is 0 Å². The summed E-state index contributed by atoms with van der Waals surface area (Å²) in [6.07, 6.45) is 2.34. The van der Waals surface area contributed by atoms with E-state index in [4.69, 9.17) is 7.81 Å². The van der Waals surface area contributed by atoms with Gasteiger partial charge in [0.15, 0.2) is 0 Å². The summed E-state index contributed by atoms with van der Waals surface area (Å²) in [6.45, 7) is 2.27. The van der Waals surface area contributed by atoms with E-state index in [2.05, 4.69) is 21.7 Å². The van der Waals surface area contributed by atoms with Crippen LogP contribution in [0.1, 0.15) is 6.92 Å². The topological polar surface area (TPSA) is 0 Å². The standard InChI is InChI=1S/C3H9P53S/c1-3-57(2,5)56-55-54-53-52-51-50-49-48-47-46-45-44-43-42-41-40-39-38-37-36-35-34-33-32-31-30-29-28-27-26-25-24-23-22-21-20-19-18-17-16-15-14-13-12-11-10-9-8-7-6-4/h4H,3H2,1-2H3. The van der Waals surface area contributed by atoms with Crippen LogP contribution < -0.4 is 0 Å². The number of rotatable bonds is 25. The minimum Gasteiger partial charge on any atom is -0.0835 e. The van der Waals surface area contributed by atoms with Crippen LogP contribution in [0.15, 0.2) is 0 Å². The van der Waals surface area contributed by atoms with Gasteiger partial charge in [0.2, 0.25) is 0 Å². The van der Waals surface area contributed by atoms with Crippen LogP contribution in [0.2, 0.25) is 0 Å². The fourth-order valence-corrected chi connectivity index (χ4v) is 224. The summed E-state index contributed by atoms with van der Waals surface area (Å²) in [5.74, 6) is 1.23. The molecule has 0 aromatic rings. The van der Waals surface area contributed by atoms with E-state index < -0.39 is 8.62 Å². The Morgan fingerprint density at radius 1 is 0.263 bits per heavy atom. The minimum atomic E-state index is -0.632. The van der Waals surface area contributed by atoms with Crippen LogP contribution in [0.25, 0.3) is 0 Å². The van der Waals surface area contributed by atoms with Gasteiger partial charge in [-0.2, -0.15) is 0 Å². The Balaban J connectivity index is 4.09. The Kier molecular flexibility index (Phi) is 85.8. The predicted octanol–water partition coefficient (Wildman–Crippen LogP) is 46.7. The van der Waals surface area contributed by atoms with Crippen molar-refractivity contribution in [2.24, 2.45) is 0 Å². The SMILES string of the molecule is CCS(C)(#P)P=PP=PP=PP=PP=PP=PP=PP=PP=PP=PP=PP=PP=PP=PP=PP=PP=PP=PP=PP=PP=PP=PP=PP=PP=PP=P. The van der Waals surface area contributed by atoms with E-state index in [1.165, 1.54) is 28.4 Å². The normalized spacial score (nSPS) is 16.4. The van der Waals surface area contributed by atoms with E-state index in [1.54, 1.807) is 362 Å². The molecule has 0 spiro atoms. The fraction of sp³-hybridized carbons (Fsp3) is 1.00. The summed E-state index contributed by atoms with van der Waals surface area (Å²) in [5, 5.41) is 0. The Morgan fingerprint density at radius 3 is 0.509 bits per heavy atom. The third kappa shape index (κ3) is 68.4. The van der Waals surface area contributed by atoms with Crippen molar-refractivity contribution < 1.29 is 0 Å². The van der Waals surface area contributed by atoms with Gasteiger partial charge >= 0.3 is 118 Å². The molecule has 0 amide bonds. The summed E-state index contributed by atoms with van der Waals surface area (Å²) >= 11 is 0. The van der Waals surface area contributed by atoms with Crippen molar-refractivity contribution in [2.75, 3.05) is 12.0 Å². The average molecular weight is 1720 g/mol. The van der Waals surface area contributed by atoms with E-state index in [-0.39, 0.29) is 0 Å². The van der Waals surface area contributed by atoms with Crippen LogP contribution in [0.4, 0.5) is 0 Å². The summed E-state index contributed by atoms with van der Waals surface area (Å²) in [4.78, 5) is 0. The van der Waals surface area contributed by atoms with Crippen molar-refractivity contribution in [3.8, 4) is 0 Å². The average Bonchev–Trinajstić information content (AvgIpc) is 3.21. The van der Waals surface area contributed by atoms with Crippen LogP contribution in [-0.4, -0.2) is 12.0 Å². The van der Waals surface area contributed by atoms with Gasteiger partial charge in [-0.15, -0.1) is 0 Å². The molecule has 0 fully saturated rings. The van der Waals surface area contributed by atoms with Crippen molar-refractivity contribution in [2.45, 2.75) is 6.92 Å². The first-order valence-electron chi connectivity index (χ1n) is 12.0. The molecule has 0 aromatic carbocycles. The zero-order valence-electron chi connectivity index (χ0n) is 26.9. The predicted molar refractivity (Wildman–Crippen MR) is 392 cm³/mol. The van der Waals surface area contributed by atoms with Crippen LogP contribution >= 0.6 is 410 Å². The molecule has 57 heavy (non-hydrogen) atoms. The molecule has 0 aliphatic heterocycles. The monoisotopic (exact) mass is 1720 g/mol. The second kappa shape index (κ2) is 66.7. The smallest absolute Gasteiger partial charge is 0.0835 e. The molecule has 0 heterocycles. The van der Waals surface area contributed by atoms with Gasteiger partial charge in [0, 0.05) is 242 Å². The molecule has 1 atom stereocenters. The summed E-state index contributed by atoms with van der Waals surface area (Å²) < 4.78 is 0. The number of hydrogen-bond acceptors (Lipinski definition) is 0. The minimum absolute atomic E-state index is 0.632. The van der Waals surface area contributed by atoms with Gasteiger partial charge in [0.1, 0.15) is 0 Å². The molecule has 0 aliphatic carbocycles. The van der Waals surface area contributed by atoms with Gasteiger partial charge in [0.05, 0.1) is 0 Å². The van der Waals surface area contributed by atoms with Crippen LogP contribution in [-0.2, 0) is 0 Å². The van der Waals surface area contributed by atoms with E-state index in [0.29, 0.717) is 0 Å². The van der Waals surface area contributed by atoms with Crippen molar-refractivity contribution >= 4 is 410 Å². The van der Waals surface area contributed by atoms with E-state index in [9.17, 15) is 0 Å². The molecule has 1 unspecified atom stereocenters. The molecule has 0 bridgehead atoms. The van der Waals surface area contributed by atoms with Crippen LogP contribution in [0.5, 0.6) is 0 Å². The Hall–Kier alpha value is 16.4. The molecule has 54 heteroatoms. The molecule has 0 radical (unpaired) electrons. The molecule has 0 saturated heterocycles. The van der Waals surface area contributed by atoms with E-state index in [1.807, 2.05) is 0 Å². The molecule has 292 valence electrons. The first-order valence-corrected chi connectivity index (χ1v) is 98.1. The van der Waals surface area contributed by atoms with Gasteiger partial charge in [-0.05, 0) is 60.4 Å². The number of hydrogen-bond donors (Lipinski definition) is 0. The molecular formula is C3H9P53S. The second-order valence-corrected chi connectivity index (χ2v) is 133. The zero-order chi connectivity index (χ0) is 41.3. The molecule has 0 rings (SSSR count). The molecule has 0 nitrogen and oxygen atoms in total. The molecule has 0 saturated carbocycles. The fourth-order valence-electron chi connectivity index (χ4n) is 1.01. The maximum absolute atomic E-state index is 4.81. The Morgan fingerprint density at radius 2 is 0.386 bits per heavy atom. The molecule has 0 aliphatic rings. The first kappa shape index (κ1) is 73.4. The third-order valence-corrected chi connectivity index (χ3v) is 172. The van der Waals surface area contributed by atoms with Gasteiger partial charge in [-0.1, -0.05) is 8.53 Å². The van der Waals surface area contributed by atoms with Crippen molar-refractivity contribution in [1.29, 1.82) is 0 Å². The van der Waals surface area contributed by atoms with Crippen molar-refractivity contribution in [1.82, 2.24) is 0 Å². The van der Waals surface area contributed by atoms with E-state index >= 15 is 0 Å². The van der Waals surface area contributed by atoms with Gasteiger partial charge in [0.25, 0.3) is 0 Å². The summed E-state index contributed by atoms with van der Waals surface area (Å²) in [5.41, 5.74) is 0. The molecule has 0 aromatic heterocycles. The quantitative estimate of drug-likeness (QED) is 0.0799. The summed E-state index contributed by atoms with van der Waals surface area (Å²) in [6, 6.07) is 0. The molecular weight excluding hydrogens is 1710 g/mol. The van der Waals surface area contributed by atoms with Gasteiger partial charge in [-0.3, -0.25) is 0 Å². The summed E-state index contributed by atoms with van der Waals surface area (Å²) in [7, 11) is 88.7.